The van der Waals surface area contributed by atoms with Gasteiger partial charge < -0.3 is 14.2 Å². The third-order valence-corrected chi connectivity index (χ3v) is 6.18. The summed E-state index contributed by atoms with van der Waals surface area (Å²) >= 11 is 0. The first kappa shape index (κ1) is 19.1. The Morgan fingerprint density at radius 2 is 1.94 bits per heavy atom. The second-order valence-electron chi connectivity index (χ2n) is 8.18. The van der Waals surface area contributed by atoms with Crippen LogP contribution in [0.25, 0.3) is 16.6 Å². The van der Waals surface area contributed by atoms with Gasteiger partial charge in [0.25, 0.3) is 0 Å². The second kappa shape index (κ2) is 7.84. The second-order valence-corrected chi connectivity index (χ2v) is 8.18. The molecule has 7 heteroatoms. The fourth-order valence-corrected chi connectivity index (χ4v) is 4.60. The lowest BCUT2D eigenvalue weighted by Crippen LogP contribution is -2.30. The highest BCUT2D eigenvalue weighted by Gasteiger charge is 2.23. The molecule has 4 aromatic rings. The van der Waals surface area contributed by atoms with E-state index in [9.17, 15) is 0 Å². The van der Waals surface area contributed by atoms with E-state index in [1.807, 2.05) is 42.7 Å². The molecule has 7 nitrogen and oxygen atoms in total. The van der Waals surface area contributed by atoms with Crippen molar-refractivity contribution in [2.45, 2.75) is 19.5 Å². The summed E-state index contributed by atoms with van der Waals surface area (Å²) in [6.07, 6.45) is 4.78. The molecule has 0 saturated carbocycles. The third kappa shape index (κ3) is 3.35. The highest BCUT2D eigenvalue weighted by atomic mass is 16.6. The Labute approximate surface area is 186 Å². The van der Waals surface area contributed by atoms with E-state index < -0.39 is 0 Å². The maximum absolute atomic E-state index is 5.74. The van der Waals surface area contributed by atoms with Gasteiger partial charge in [0, 0.05) is 43.2 Å². The fraction of sp³-hybridized carbons (Fsp3) is 0.280. The summed E-state index contributed by atoms with van der Waals surface area (Å²) in [6.45, 7) is 3.94. The standard InChI is InChI=1S/C25H24N4O3/c1-30-19-3-4-21-20(13-19)23(6-8-26-21)29-22-7-9-28(16-18(22)14-27-29)15-17-2-5-24-25(12-17)32-11-10-31-24/h2-6,8,12-14H,7,9-11,15-16H2,1H3. The molecule has 0 N–H and O–H groups in total. The zero-order valence-corrected chi connectivity index (χ0v) is 18.0. The highest BCUT2D eigenvalue weighted by Crippen LogP contribution is 2.32. The van der Waals surface area contributed by atoms with Crippen LogP contribution < -0.4 is 14.2 Å². The van der Waals surface area contributed by atoms with Crippen LogP contribution in [0.5, 0.6) is 17.2 Å². The van der Waals surface area contributed by atoms with Gasteiger partial charge in [-0.25, -0.2) is 4.68 Å². The molecule has 0 spiro atoms. The van der Waals surface area contributed by atoms with Crippen molar-refractivity contribution < 1.29 is 14.2 Å². The molecule has 2 aromatic carbocycles. The van der Waals surface area contributed by atoms with E-state index in [1.54, 1.807) is 7.11 Å². The first-order valence-corrected chi connectivity index (χ1v) is 10.9. The van der Waals surface area contributed by atoms with Gasteiger partial charge in [0.05, 0.1) is 30.2 Å². The Hall–Kier alpha value is -3.58. The van der Waals surface area contributed by atoms with Crippen molar-refractivity contribution in [3.05, 3.63) is 71.7 Å². The summed E-state index contributed by atoms with van der Waals surface area (Å²) in [5.41, 5.74) is 5.73. The molecule has 2 aliphatic rings. The van der Waals surface area contributed by atoms with Gasteiger partial charge in [-0.15, -0.1) is 0 Å². The molecule has 0 atom stereocenters. The molecule has 0 amide bonds. The van der Waals surface area contributed by atoms with Crippen LogP contribution in [0.4, 0.5) is 0 Å². The summed E-state index contributed by atoms with van der Waals surface area (Å²) < 4.78 is 18.9. The number of methoxy groups -OCH3 is 1. The van der Waals surface area contributed by atoms with E-state index in [0.717, 1.165) is 59.9 Å². The van der Waals surface area contributed by atoms with Crippen LogP contribution in [0.15, 0.2) is 54.9 Å². The number of fused-ring (bicyclic) bond motifs is 3. The van der Waals surface area contributed by atoms with E-state index in [0.29, 0.717) is 13.2 Å². The Kier molecular flexibility index (Phi) is 4.69. The normalized spacial score (nSPS) is 15.5. The molecule has 2 aromatic heterocycles. The van der Waals surface area contributed by atoms with Crippen molar-refractivity contribution in [3.63, 3.8) is 0 Å². The predicted octanol–water partition coefficient (Wildman–Crippen LogP) is 3.76. The number of hydrogen-bond acceptors (Lipinski definition) is 6. The maximum Gasteiger partial charge on any atom is 0.161 e. The van der Waals surface area contributed by atoms with Gasteiger partial charge in [-0.1, -0.05) is 6.07 Å². The van der Waals surface area contributed by atoms with Crippen LogP contribution in [-0.4, -0.2) is 46.5 Å². The third-order valence-electron chi connectivity index (χ3n) is 6.18. The molecule has 2 aliphatic heterocycles. The van der Waals surface area contributed by atoms with E-state index in [2.05, 4.69) is 26.7 Å². The molecule has 0 aliphatic carbocycles. The smallest absolute Gasteiger partial charge is 0.161 e. The van der Waals surface area contributed by atoms with Gasteiger partial charge in [-0.3, -0.25) is 9.88 Å². The average molecular weight is 428 g/mol. The molecule has 32 heavy (non-hydrogen) atoms. The highest BCUT2D eigenvalue weighted by molar-refractivity contribution is 5.88. The van der Waals surface area contributed by atoms with Crippen LogP contribution in [0.2, 0.25) is 0 Å². The topological polar surface area (TPSA) is 61.6 Å². The molecule has 162 valence electrons. The Bertz CT molecular complexity index is 1300. The minimum atomic E-state index is 0.609. The Balaban J connectivity index is 1.27. The van der Waals surface area contributed by atoms with E-state index in [-0.39, 0.29) is 0 Å². The van der Waals surface area contributed by atoms with Crippen molar-refractivity contribution in [2.75, 3.05) is 26.9 Å². The number of benzene rings is 2. The number of nitrogens with zero attached hydrogens (tertiary/aromatic N) is 4. The van der Waals surface area contributed by atoms with Gasteiger partial charge in [0.1, 0.15) is 19.0 Å². The molecular formula is C25H24N4O3. The van der Waals surface area contributed by atoms with Crippen LogP contribution >= 0.6 is 0 Å². The minimum absolute atomic E-state index is 0.609. The molecule has 0 radical (unpaired) electrons. The first-order chi connectivity index (χ1) is 15.8. The van der Waals surface area contributed by atoms with Crippen molar-refractivity contribution in [2.24, 2.45) is 0 Å². The van der Waals surface area contributed by atoms with Crippen molar-refractivity contribution >= 4 is 10.9 Å². The zero-order valence-electron chi connectivity index (χ0n) is 18.0. The molecule has 4 heterocycles. The quantitative estimate of drug-likeness (QED) is 0.493. The van der Waals surface area contributed by atoms with Crippen molar-refractivity contribution in [1.82, 2.24) is 19.7 Å². The van der Waals surface area contributed by atoms with Crippen LogP contribution in [0.3, 0.4) is 0 Å². The Morgan fingerprint density at radius 1 is 1.03 bits per heavy atom. The molecule has 0 fully saturated rings. The number of pyridine rings is 1. The lowest BCUT2D eigenvalue weighted by molar-refractivity contribution is 0.171. The molecule has 0 bridgehead atoms. The molecule has 0 saturated heterocycles. The Morgan fingerprint density at radius 3 is 2.84 bits per heavy atom. The number of ether oxygens (including phenoxy) is 3. The lowest BCUT2D eigenvalue weighted by Gasteiger charge is -2.28. The summed E-state index contributed by atoms with van der Waals surface area (Å²) in [4.78, 5) is 6.96. The summed E-state index contributed by atoms with van der Waals surface area (Å²) in [7, 11) is 1.68. The van der Waals surface area contributed by atoms with Gasteiger partial charge in [0.15, 0.2) is 11.5 Å². The number of aromatic nitrogens is 3. The number of hydrogen-bond donors (Lipinski definition) is 0. The monoisotopic (exact) mass is 428 g/mol. The van der Waals surface area contributed by atoms with Gasteiger partial charge in [0.2, 0.25) is 0 Å². The number of rotatable bonds is 4. The van der Waals surface area contributed by atoms with Gasteiger partial charge in [-0.05, 0) is 42.0 Å². The van der Waals surface area contributed by atoms with Crippen molar-refractivity contribution in [3.8, 4) is 22.9 Å². The largest absolute Gasteiger partial charge is 0.497 e. The summed E-state index contributed by atoms with van der Waals surface area (Å²) in [5, 5.41) is 5.80. The van der Waals surface area contributed by atoms with Crippen molar-refractivity contribution in [1.29, 1.82) is 0 Å². The SMILES string of the molecule is COc1ccc2nccc(-n3ncc4c3CCN(Cc3ccc5c(c3)OCCO5)C4)c2c1. The fourth-order valence-electron chi connectivity index (χ4n) is 4.60. The van der Waals surface area contributed by atoms with E-state index >= 15 is 0 Å². The maximum atomic E-state index is 5.74. The van der Waals surface area contributed by atoms with E-state index in [4.69, 9.17) is 19.3 Å². The van der Waals surface area contributed by atoms with E-state index in [1.165, 1.54) is 16.8 Å². The minimum Gasteiger partial charge on any atom is -0.497 e. The zero-order chi connectivity index (χ0) is 21.5. The average Bonchev–Trinajstić information content (AvgIpc) is 3.26. The lowest BCUT2D eigenvalue weighted by atomic mass is 10.1. The van der Waals surface area contributed by atoms with Gasteiger partial charge >= 0.3 is 0 Å². The summed E-state index contributed by atoms with van der Waals surface area (Å²) in [6, 6.07) is 14.2. The summed E-state index contributed by atoms with van der Waals surface area (Å²) in [5.74, 6) is 2.50. The predicted molar refractivity (Wildman–Crippen MR) is 121 cm³/mol. The first-order valence-electron chi connectivity index (χ1n) is 10.9. The van der Waals surface area contributed by atoms with Crippen LogP contribution in [0.1, 0.15) is 16.8 Å². The van der Waals surface area contributed by atoms with Gasteiger partial charge in [-0.2, -0.15) is 5.10 Å². The molecule has 0 unspecified atom stereocenters. The molecular weight excluding hydrogens is 404 g/mol. The molecule has 6 rings (SSSR count). The van der Waals surface area contributed by atoms with Crippen LogP contribution in [-0.2, 0) is 19.5 Å². The van der Waals surface area contributed by atoms with Crippen LogP contribution in [0, 0.1) is 0 Å².